The number of esters is 1. The maximum Gasteiger partial charge on any atom is 0.338 e. The van der Waals surface area contributed by atoms with Gasteiger partial charge in [0, 0.05) is 17.3 Å². The van der Waals surface area contributed by atoms with E-state index in [1.165, 1.54) is 30.0 Å². The Kier molecular flexibility index (Phi) is 5.31. The average Bonchev–Trinajstić information content (AvgIpc) is 3.24. The molecule has 1 atom stereocenters. The van der Waals surface area contributed by atoms with Crippen LogP contribution in [0.4, 0.5) is 11.6 Å². The van der Waals surface area contributed by atoms with Crippen molar-refractivity contribution in [1.82, 2.24) is 20.2 Å². The van der Waals surface area contributed by atoms with Crippen LogP contribution in [0.15, 0.2) is 59.8 Å². The zero-order valence-electron chi connectivity index (χ0n) is 16.7. The number of fused-ring (bicyclic) bond motifs is 1. The Hall–Kier alpha value is -4.28. The Bertz CT molecular complexity index is 1170. The fourth-order valence-corrected chi connectivity index (χ4v) is 3.40. The molecular weight excluding hydrogens is 404 g/mol. The van der Waals surface area contributed by atoms with E-state index in [9.17, 15) is 14.9 Å². The first-order valence-corrected chi connectivity index (χ1v) is 9.28. The molecule has 0 fully saturated rings. The summed E-state index contributed by atoms with van der Waals surface area (Å²) in [6.07, 6.45) is 0. The summed E-state index contributed by atoms with van der Waals surface area (Å²) >= 11 is 0. The van der Waals surface area contributed by atoms with Gasteiger partial charge in [0.1, 0.15) is 18.4 Å². The van der Waals surface area contributed by atoms with Gasteiger partial charge < -0.3 is 14.8 Å². The van der Waals surface area contributed by atoms with E-state index in [1.54, 1.807) is 6.92 Å². The summed E-state index contributed by atoms with van der Waals surface area (Å²) in [4.78, 5) is 23.8. The number of non-ortho nitro benzene ring substituents is 1. The molecule has 1 aliphatic rings. The van der Waals surface area contributed by atoms with E-state index in [-0.39, 0.29) is 23.6 Å². The average molecular weight is 422 g/mol. The molecule has 4 rings (SSSR count). The fraction of sp³-hybridized carbons (Fsp3) is 0.200. The molecule has 1 aliphatic heterocycles. The van der Waals surface area contributed by atoms with Gasteiger partial charge in [-0.05, 0) is 29.0 Å². The molecule has 1 unspecified atom stereocenters. The lowest BCUT2D eigenvalue weighted by Crippen LogP contribution is -2.30. The summed E-state index contributed by atoms with van der Waals surface area (Å²) in [6.45, 7) is 1.80. The minimum Gasteiger partial charge on any atom is -0.496 e. The number of hydrogen-bond acceptors (Lipinski definition) is 9. The van der Waals surface area contributed by atoms with Crippen LogP contribution in [-0.2, 0) is 16.1 Å². The largest absolute Gasteiger partial charge is 0.496 e. The number of hydrogen-bond donors (Lipinski definition) is 1. The summed E-state index contributed by atoms with van der Waals surface area (Å²) in [6, 6.07) is 12.6. The monoisotopic (exact) mass is 422 g/mol. The number of nitro groups is 1. The quantitative estimate of drug-likeness (QED) is 0.361. The molecule has 0 saturated carbocycles. The smallest absolute Gasteiger partial charge is 0.338 e. The third kappa shape index (κ3) is 3.80. The van der Waals surface area contributed by atoms with Gasteiger partial charge in [-0.2, -0.15) is 4.68 Å². The third-order valence-corrected chi connectivity index (χ3v) is 4.87. The van der Waals surface area contributed by atoms with Crippen molar-refractivity contribution in [2.75, 3.05) is 12.4 Å². The number of ether oxygens (including phenoxy) is 2. The number of nitrogens with zero attached hydrogens (tertiary/aromatic N) is 5. The minimum absolute atomic E-state index is 0.0863. The lowest BCUT2D eigenvalue weighted by Gasteiger charge is -2.28. The number of carbonyl (C=O) groups excluding carboxylic acids is 1. The van der Waals surface area contributed by atoms with E-state index in [1.807, 2.05) is 30.3 Å². The Morgan fingerprint density at radius 3 is 2.74 bits per heavy atom. The lowest BCUT2D eigenvalue weighted by molar-refractivity contribution is -0.384. The van der Waals surface area contributed by atoms with E-state index in [2.05, 4.69) is 20.8 Å². The van der Waals surface area contributed by atoms with Gasteiger partial charge in [-0.3, -0.25) is 10.1 Å². The number of benzene rings is 2. The number of methoxy groups -OCH3 is 1. The second-order valence-electron chi connectivity index (χ2n) is 6.76. The predicted molar refractivity (Wildman–Crippen MR) is 108 cm³/mol. The molecule has 31 heavy (non-hydrogen) atoms. The molecule has 1 aromatic heterocycles. The highest BCUT2D eigenvalue weighted by Gasteiger charge is 2.37. The summed E-state index contributed by atoms with van der Waals surface area (Å²) in [5, 5.41) is 25.8. The lowest BCUT2D eigenvalue weighted by atomic mass is 9.94. The van der Waals surface area contributed by atoms with Gasteiger partial charge in [-0.15, -0.1) is 0 Å². The summed E-state index contributed by atoms with van der Waals surface area (Å²) in [5.74, 6) is -0.0216. The van der Waals surface area contributed by atoms with E-state index >= 15 is 0 Å². The van der Waals surface area contributed by atoms with E-state index in [4.69, 9.17) is 9.47 Å². The van der Waals surface area contributed by atoms with Gasteiger partial charge in [-0.1, -0.05) is 35.4 Å². The number of tetrazole rings is 1. The molecule has 158 valence electrons. The molecule has 11 heteroatoms. The summed E-state index contributed by atoms with van der Waals surface area (Å²) in [7, 11) is 1.40. The van der Waals surface area contributed by atoms with Gasteiger partial charge in [0.15, 0.2) is 0 Å². The second-order valence-corrected chi connectivity index (χ2v) is 6.76. The molecule has 2 aromatic carbocycles. The molecule has 1 N–H and O–H groups in total. The minimum atomic E-state index is -0.801. The van der Waals surface area contributed by atoms with Crippen LogP contribution in [0, 0.1) is 10.1 Å². The fourth-order valence-electron chi connectivity index (χ4n) is 3.40. The SMILES string of the molecule is COc1cc([N+](=O)[O-])ccc1C1C(C(=O)OCc2ccccc2)=C(C)Nc2nnnn21. The summed E-state index contributed by atoms with van der Waals surface area (Å²) in [5.41, 5.74) is 1.95. The molecule has 11 nitrogen and oxygen atoms in total. The zero-order valence-corrected chi connectivity index (χ0v) is 16.7. The van der Waals surface area contributed by atoms with Crippen LogP contribution in [0.1, 0.15) is 24.1 Å². The number of rotatable bonds is 6. The number of nitro benzene ring substituents is 1. The van der Waals surface area contributed by atoms with Gasteiger partial charge >= 0.3 is 5.97 Å². The Labute approximate surface area is 176 Å². The first kappa shape index (κ1) is 20.0. The van der Waals surface area contributed by atoms with Crippen molar-refractivity contribution in [1.29, 1.82) is 0 Å². The molecule has 3 aromatic rings. The standard InChI is InChI=1S/C20H18N6O5/c1-12-17(19(27)31-11-13-6-4-3-5-7-13)18(25-20(21-12)22-23-24-25)15-9-8-14(26(28)29)10-16(15)30-2/h3-10,18H,11H2,1-2H3,(H,21,22,24). The number of carbonyl (C=O) groups is 1. The molecule has 0 aliphatic carbocycles. The van der Waals surface area contributed by atoms with Crippen molar-refractivity contribution >= 4 is 17.6 Å². The summed E-state index contributed by atoms with van der Waals surface area (Å²) < 4.78 is 12.4. The van der Waals surface area contributed by atoms with Crippen LogP contribution in [-0.4, -0.2) is 38.2 Å². The van der Waals surface area contributed by atoms with Crippen molar-refractivity contribution < 1.29 is 19.2 Å². The maximum atomic E-state index is 13.1. The van der Waals surface area contributed by atoms with E-state index in [0.717, 1.165) is 5.56 Å². The highest BCUT2D eigenvalue weighted by molar-refractivity contribution is 5.92. The molecule has 0 spiro atoms. The third-order valence-electron chi connectivity index (χ3n) is 4.87. The van der Waals surface area contributed by atoms with Crippen molar-refractivity contribution in [2.24, 2.45) is 0 Å². The number of aromatic nitrogens is 4. The van der Waals surface area contributed by atoms with E-state index < -0.39 is 16.9 Å². The normalized spacial score (nSPS) is 15.1. The van der Waals surface area contributed by atoms with Gasteiger partial charge in [-0.25, -0.2) is 4.79 Å². The molecule has 0 radical (unpaired) electrons. The van der Waals surface area contributed by atoms with Crippen molar-refractivity contribution in [3.05, 3.63) is 81.0 Å². The van der Waals surface area contributed by atoms with Crippen LogP contribution in [0.5, 0.6) is 5.75 Å². The number of nitrogens with one attached hydrogen (secondary N) is 1. The number of allylic oxidation sites excluding steroid dienone is 1. The first-order valence-electron chi connectivity index (χ1n) is 9.28. The first-order chi connectivity index (χ1) is 15.0. The Balaban J connectivity index is 1.75. The van der Waals surface area contributed by atoms with Gasteiger partial charge in [0.2, 0.25) is 5.95 Å². The molecular formula is C20H18N6O5. The highest BCUT2D eigenvalue weighted by Crippen LogP contribution is 2.40. The highest BCUT2D eigenvalue weighted by atomic mass is 16.6. The van der Waals surface area contributed by atoms with Crippen molar-refractivity contribution in [3.63, 3.8) is 0 Å². The molecule has 0 bridgehead atoms. The van der Waals surface area contributed by atoms with Crippen LogP contribution in [0.2, 0.25) is 0 Å². The topological polar surface area (TPSA) is 134 Å². The van der Waals surface area contributed by atoms with Crippen LogP contribution in [0.25, 0.3) is 0 Å². The van der Waals surface area contributed by atoms with Gasteiger partial charge in [0.25, 0.3) is 5.69 Å². The van der Waals surface area contributed by atoms with E-state index in [0.29, 0.717) is 17.2 Å². The maximum absolute atomic E-state index is 13.1. The van der Waals surface area contributed by atoms with Gasteiger partial charge in [0.05, 0.1) is 23.7 Å². The Morgan fingerprint density at radius 1 is 1.26 bits per heavy atom. The van der Waals surface area contributed by atoms with Crippen LogP contribution in [0.3, 0.4) is 0 Å². The predicted octanol–water partition coefficient (Wildman–Crippen LogP) is 2.62. The second kappa shape index (κ2) is 8.22. The molecule has 0 amide bonds. The Morgan fingerprint density at radius 2 is 2.03 bits per heavy atom. The van der Waals surface area contributed by atoms with Crippen molar-refractivity contribution in [3.8, 4) is 5.75 Å². The van der Waals surface area contributed by atoms with Crippen LogP contribution >= 0.6 is 0 Å². The van der Waals surface area contributed by atoms with Crippen molar-refractivity contribution in [2.45, 2.75) is 19.6 Å². The number of anilines is 1. The molecule has 2 heterocycles. The zero-order chi connectivity index (χ0) is 22.0. The van der Waals surface area contributed by atoms with Crippen LogP contribution < -0.4 is 10.1 Å². The molecule has 0 saturated heterocycles.